The number of pyridine rings is 1. The molecule has 3 aromatic rings. The van der Waals surface area contributed by atoms with Crippen molar-refractivity contribution in [1.82, 2.24) is 29.6 Å². The maximum atomic E-state index is 13.1. The number of amides is 1. The van der Waals surface area contributed by atoms with Gasteiger partial charge in [0.1, 0.15) is 4.90 Å². The Kier molecular flexibility index (Phi) is 7.30. The van der Waals surface area contributed by atoms with Gasteiger partial charge in [0.25, 0.3) is 6.43 Å². The minimum Gasteiger partial charge on any atom is -0.378 e. The lowest BCUT2D eigenvalue weighted by atomic mass is 10.3. The number of halogens is 2. The summed E-state index contributed by atoms with van der Waals surface area (Å²) < 4.78 is 62.0. The highest BCUT2D eigenvalue weighted by Crippen LogP contribution is 2.37. The Balaban J connectivity index is 0.000000750. The van der Waals surface area contributed by atoms with Gasteiger partial charge in [-0.25, -0.2) is 26.9 Å². The monoisotopic (exact) mass is 533 g/mol. The van der Waals surface area contributed by atoms with E-state index in [1.807, 2.05) is 11.8 Å². The Morgan fingerprint density at radius 3 is 2.54 bits per heavy atom. The molecule has 1 saturated carbocycles. The number of nitrogens with one attached hydrogen (secondary N) is 2. The van der Waals surface area contributed by atoms with Crippen LogP contribution < -0.4 is 14.9 Å². The van der Waals surface area contributed by atoms with Crippen LogP contribution in [0.2, 0.25) is 0 Å². The fraction of sp³-hybridized carbons (Fsp3) is 0.500. The van der Waals surface area contributed by atoms with Crippen LogP contribution in [0.4, 0.5) is 14.5 Å². The van der Waals surface area contributed by atoms with Gasteiger partial charge < -0.3 is 15.0 Å². The molecule has 1 saturated heterocycles. The highest BCUT2D eigenvalue weighted by Gasteiger charge is 2.41. The fourth-order valence-corrected chi connectivity index (χ4v) is 5.68. The summed E-state index contributed by atoms with van der Waals surface area (Å²) in [5, 5.41) is 9.40. The predicted octanol–water partition coefficient (Wildman–Crippen LogP) is 2.31. The summed E-state index contributed by atoms with van der Waals surface area (Å²) in [5.41, 5.74) is 0.905. The van der Waals surface area contributed by atoms with Gasteiger partial charge in [-0.2, -0.15) is 0 Å². The summed E-state index contributed by atoms with van der Waals surface area (Å²) in [6.45, 7) is 4.10. The molecule has 2 N–H and O–H groups in total. The number of alkyl halides is 2. The van der Waals surface area contributed by atoms with Gasteiger partial charge in [-0.3, -0.25) is 9.20 Å². The van der Waals surface area contributed by atoms with Crippen LogP contribution in [-0.4, -0.2) is 73.3 Å². The average Bonchev–Trinajstić information content (AvgIpc) is 3.22. The van der Waals surface area contributed by atoms with E-state index in [1.54, 1.807) is 23.7 Å². The van der Waals surface area contributed by atoms with Crippen LogP contribution in [0, 0.1) is 0 Å². The summed E-state index contributed by atoms with van der Waals surface area (Å²) in [4.78, 5) is 15.5. The first-order valence-corrected chi connectivity index (χ1v) is 13.1. The SMILES string of the molecule is CC1(NS(=O)(=O)c2cc(N3CCOCC3)c3cnc(-c4nnc(C(F)F)s4)n3c2)CC1.CNC=O.[HH].[HH]. The predicted molar refractivity (Wildman–Crippen MR) is 129 cm³/mol. The van der Waals surface area contributed by atoms with E-state index in [-0.39, 0.29) is 18.6 Å². The zero-order chi connectivity index (χ0) is 25.2. The van der Waals surface area contributed by atoms with E-state index in [0.29, 0.717) is 43.9 Å². The van der Waals surface area contributed by atoms with Crippen molar-refractivity contribution in [3.05, 3.63) is 23.5 Å². The molecule has 11 nitrogen and oxygen atoms in total. The van der Waals surface area contributed by atoms with Crippen molar-refractivity contribution in [1.29, 1.82) is 0 Å². The summed E-state index contributed by atoms with van der Waals surface area (Å²) in [6.07, 6.45) is 2.50. The van der Waals surface area contributed by atoms with Crippen LogP contribution in [0.3, 0.4) is 0 Å². The van der Waals surface area contributed by atoms with Gasteiger partial charge in [-0.1, -0.05) is 11.3 Å². The van der Waals surface area contributed by atoms with Crippen LogP contribution in [0.15, 0.2) is 23.4 Å². The molecular weight excluding hydrogens is 504 g/mol. The number of hydrogen-bond donors (Lipinski definition) is 2. The molecule has 194 valence electrons. The Morgan fingerprint density at radius 1 is 1.29 bits per heavy atom. The van der Waals surface area contributed by atoms with Crippen LogP contribution in [0.1, 0.15) is 34.1 Å². The van der Waals surface area contributed by atoms with Crippen LogP contribution in [-0.2, 0) is 19.6 Å². The molecule has 0 aromatic carbocycles. The topological polar surface area (TPSA) is 131 Å². The third-order valence-electron chi connectivity index (χ3n) is 5.57. The molecular formula is C20H29F2N7O4S2. The number of ether oxygens (including phenoxy) is 1. The molecule has 1 amide bonds. The number of carbonyl (C=O) groups is 1. The van der Waals surface area contributed by atoms with Crippen molar-refractivity contribution in [3.63, 3.8) is 0 Å². The number of carbonyl (C=O) groups excluding carboxylic acids is 1. The maximum Gasteiger partial charge on any atom is 0.291 e. The van der Waals surface area contributed by atoms with Crippen molar-refractivity contribution >= 4 is 39.0 Å². The van der Waals surface area contributed by atoms with Gasteiger partial charge in [0, 0.05) is 34.7 Å². The average molecular weight is 534 g/mol. The molecule has 3 aromatic heterocycles. The van der Waals surface area contributed by atoms with Gasteiger partial charge in [0.2, 0.25) is 16.4 Å². The van der Waals surface area contributed by atoms with E-state index in [2.05, 4.69) is 25.2 Å². The smallest absolute Gasteiger partial charge is 0.291 e. The molecule has 2 aliphatic rings. The van der Waals surface area contributed by atoms with E-state index in [4.69, 9.17) is 9.53 Å². The molecule has 1 aliphatic carbocycles. The van der Waals surface area contributed by atoms with E-state index in [9.17, 15) is 17.2 Å². The third-order valence-corrected chi connectivity index (χ3v) is 8.11. The second kappa shape index (κ2) is 10.1. The van der Waals surface area contributed by atoms with Gasteiger partial charge in [0.05, 0.1) is 30.6 Å². The largest absolute Gasteiger partial charge is 0.378 e. The molecule has 0 radical (unpaired) electrons. The standard InChI is InChI=1S/C18H20F2N6O3S2.C2H5NO.2H2/c1-18(2-3-18)24-31(27,28)11-8-12(25-4-6-29-7-5-25)13-9-21-15(26(13)10-11)17-23-22-16(30-17)14(19)20;1-3-2-4;;/h8-10,14,24H,2-7H2,1H3;2H,1H3,(H,3,4);2*1H. The van der Waals surface area contributed by atoms with Crippen LogP contribution >= 0.6 is 11.3 Å². The van der Waals surface area contributed by atoms with Crippen molar-refractivity contribution in [2.45, 2.75) is 36.6 Å². The first-order chi connectivity index (χ1) is 16.7. The number of fused-ring (bicyclic) bond motifs is 1. The normalized spacial score (nSPS) is 17.2. The Labute approximate surface area is 207 Å². The van der Waals surface area contributed by atoms with E-state index < -0.39 is 27.0 Å². The molecule has 15 heteroatoms. The zero-order valence-corrected chi connectivity index (χ0v) is 20.7. The number of aromatic nitrogens is 4. The Hall–Kier alpha value is -2.75. The number of rotatable bonds is 7. The lowest BCUT2D eigenvalue weighted by Gasteiger charge is -2.29. The molecule has 1 aliphatic heterocycles. The minimum absolute atomic E-state index is 0. The number of morpholine rings is 1. The number of hydrogen-bond acceptors (Lipinski definition) is 9. The van der Waals surface area contributed by atoms with Gasteiger partial charge in [-0.15, -0.1) is 10.2 Å². The highest BCUT2D eigenvalue weighted by atomic mass is 32.2. The number of nitrogens with zero attached hydrogens (tertiary/aromatic N) is 5. The zero-order valence-electron chi connectivity index (χ0n) is 19.1. The van der Waals surface area contributed by atoms with Crippen LogP contribution in [0.25, 0.3) is 16.3 Å². The first-order valence-electron chi connectivity index (χ1n) is 10.8. The number of sulfonamides is 1. The Bertz CT molecular complexity index is 1310. The first kappa shape index (κ1) is 25.3. The van der Waals surface area contributed by atoms with E-state index >= 15 is 0 Å². The summed E-state index contributed by atoms with van der Waals surface area (Å²) in [6, 6.07) is 1.63. The minimum atomic E-state index is -3.80. The second-order valence-corrected chi connectivity index (χ2v) is 11.0. The lowest BCUT2D eigenvalue weighted by molar-refractivity contribution is -0.109. The Morgan fingerprint density at radius 2 is 1.97 bits per heavy atom. The molecule has 0 bridgehead atoms. The number of imidazole rings is 1. The van der Waals surface area contributed by atoms with Gasteiger partial charge >= 0.3 is 0 Å². The molecule has 0 unspecified atom stereocenters. The summed E-state index contributed by atoms with van der Waals surface area (Å²) >= 11 is 0.734. The highest BCUT2D eigenvalue weighted by molar-refractivity contribution is 7.89. The maximum absolute atomic E-state index is 13.1. The molecule has 0 spiro atoms. The van der Waals surface area contributed by atoms with Crippen molar-refractivity contribution in [2.75, 3.05) is 38.3 Å². The molecule has 5 rings (SSSR count). The van der Waals surface area contributed by atoms with Crippen molar-refractivity contribution in [2.24, 2.45) is 0 Å². The molecule has 2 fully saturated rings. The van der Waals surface area contributed by atoms with Crippen LogP contribution in [0.5, 0.6) is 0 Å². The third kappa shape index (κ3) is 5.58. The van der Waals surface area contributed by atoms with Crippen molar-refractivity contribution in [3.8, 4) is 10.8 Å². The van der Waals surface area contributed by atoms with E-state index in [0.717, 1.165) is 24.2 Å². The molecule has 0 atom stereocenters. The molecule has 4 heterocycles. The van der Waals surface area contributed by atoms with Crippen molar-refractivity contribution < 1.29 is 29.6 Å². The number of anilines is 1. The fourth-order valence-electron chi connectivity index (χ4n) is 3.50. The van der Waals surface area contributed by atoms with E-state index in [1.165, 1.54) is 6.20 Å². The summed E-state index contributed by atoms with van der Waals surface area (Å²) in [7, 11) is -2.24. The summed E-state index contributed by atoms with van der Waals surface area (Å²) in [5.74, 6) is 0.267. The lowest BCUT2D eigenvalue weighted by Crippen LogP contribution is -2.37. The van der Waals surface area contributed by atoms with Gasteiger partial charge in [0.15, 0.2) is 15.8 Å². The molecule has 35 heavy (non-hydrogen) atoms. The second-order valence-electron chi connectivity index (χ2n) is 8.32. The quantitative estimate of drug-likeness (QED) is 0.443. The van der Waals surface area contributed by atoms with Gasteiger partial charge in [-0.05, 0) is 25.8 Å².